The van der Waals surface area contributed by atoms with E-state index in [1.807, 2.05) is 24.4 Å². The Morgan fingerprint density at radius 1 is 1.32 bits per heavy atom. The first-order valence-electron chi connectivity index (χ1n) is 7.19. The fraction of sp³-hybridized carbons (Fsp3) is 0.500. The lowest BCUT2D eigenvalue weighted by molar-refractivity contribution is -0.125. The lowest BCUT2D eigenvalue weighted by Crippen LogP contribution is -2.31. The molecule has 1 aliphatic carbocycles. The third kappa shape index (κ3) is 4.86. The largest absolute Gasteiger partial charge is 0.356 e. The molecule has 0 saturated carbocycles. The fourth-order valence-corrected chi connectivity index (χ4v) is 2.36. The zero-order valence-electron chi connectivity index (χ0n) is 11.3. The Labute approximate surface area is 115 Å². The van der Waals surface area contributed by atoms with Gasteiger partial charge in [-0.3, -0.25) is 9.78 Å². The molecular formula is C16H22N2O. The summed E-state index contributed by atoms with van der Waals surface area (Å²) in [4.78, 5) is 16.2. The van der Waals surface area contributed by atoms with Gasteiger partial charge in [0.15, 0.2) is 0 Å². The molecule has 1 aromatic heterocycles. The average molecular weight is 258 g/mol. The Hall–Kier alpha value is -1.64. The summed E-state index contributed by atoms with van der Waals surface area (Å²) in [6.07, 6.45) is 12.1. The van der Waals surface area contributed by atoms with Crippen molar-refractivity contribution in [2.24, 2.45) is 5.92 Å². The molecule has 1 amide bonds. The molecule has 0 radical (unpaired) electrons. The number of allylic oxidation sites excluding steroid dienone is 2. The number of carbonyl (C=O) groups is 1. The number of aromatic nitrogens is 1. The van der Waals surface area contributed by atoms with Gasteiger partial charge in [0.25, 0.3) is 0 Å². The van der Waals surface area contributed by atoms with Crippen LogP contribution in [0.1, 0.15) is 37.8 Å². The van der Waals surface area contributed by atoms with Crippen molar-refractivity contribution in [3.63, 3.8) is 0 Å². The summed E-state index contributed by atoms with van der Waals surface area (Å²) in [7, 11) is 0. The van der Waals surface area contributed by atoms with E-state index in [1.54, 1.807) is 0 Å². The van der Waals surface area contributed by atoms with E-state index in [0.29, 0.717) is 0 Å². The standard InChI is InChI=1S/C16H22N2O/c19-16(14-8-2-1-3-9-14)18-13-7-5-11-15-10-4-6-12-17-15/h1-2,4,6,10,12,14H,3,5,7-9,11,13H2,(H,18,19)/t14-/m0/s1. The highest BCUT2D eigenvalue weighted by atomic mass is 16.1. The highest BCUT2D eigenvalue weighted by molar-refractivity contribution is 5.78. The highest BCUT2D eigenvalue weighted by Crippen LogP contribution is 2.17. The minimum atomic E-state index is 0.195. The van der Waals surface area contributed by atoms with E-state index < -0.39 is 0 Å². The van der Waals surface area contributed by atoms with Crippen LogP contribution in [0, 0.1) is 5.92 Å². The number of aryl methyl sites for hydroxylation is 1. The second-order valence-electron chi connectivity index (χ2n) is 5.05. The fourth-order valence-electron chi connectivity index (χ4n) is 2.36. The zero-order valence-corrected chi connectivity index (χ0v) is 11.3. The molecule has 2 rings (SSSR count). The van der Waals surface area contributed by atoms with Crippen molar-refractivity contribution in [2.75, 3.05) is 6.54 Å². The average Bonchev–Trinajstić information content (AvgIpc) is 2.49. The van der Waals surface area contributed by atoms with Gasteiger partial charge in [-0.15, -0.1) is 0 Å². The molecule has 3 heteroatoms. The van der Waals surface area contributed by atoms with Crippen LogP contribution in [0.15, 0.2) is 36.5 Å². The number of hydrogen-bond acceptors (Lipinski definition) is 2. The number of nitrogens with zero attached hydrogens (tertiary/aromatic N) is 1. The van der Waals surface area contributed by atoms with Crippen molar-refractivity contribution in [2.45, 2.75) is 38.5 Å². The molecule has 0 bridgehead atoms. The first-order chi connectivity index (χ1) is 9.36. The first kappa shape index (κ1) is 13.8. The number of carbonyl (C=O) groups excluding carboxylic acids is 1. The monoisotopic (exact) mass is 258 g/mol. The summed E-state index contributed by atoms with van der Waals surface area (Å²) in [6.45, 7) is 0.784. The Kier molecular flexibility index (Phi) is 5.60. The summed E-state index contributed by atoms with van der Waals surface area (Å²) in [5, 5.41) is 3.05. The van der Waals surface area contributed by atoms with Crippen LogP contribution in [-0.4, -0.2) is 17.4 Å². The smallest absolute Gasteiger partial charge is 0.223 e. The van der Waals surface area contributed by atoms with Crippen LogP contribution >= 0.6 is 0 Å². The molecule has 0 fully saturated rings. The van der Waals surface area contributed by atoms with Gasteiger partial charge in [0.05, 0.1) is 0 Å². The molecule has 0 spiro atoms. The maximum absolute atomic E-state index is 11.9. The normalized spacial score (nSPS) is 18.2. The quantitative estimate of drug-likeness (QED) is 0.629. The molecule has 0 aliphatic heterocycles. The summed E-state index contributed by atoms with van der Waals surface area (Å²) in [6, 6.07) is 6.00. The maximum atomic E-state index is 11.9. The van der Waals surface area contributed by atoms with Crippen LogP contribution in [0.2, 0.25) is 0 Å². The molecule has 1 aliphatic rings. The van der Waals surface area contributed by atoms with E-state index in [-0.39, 0.29) is 11.8 Å². The lowest BCUT2D eigenvalue weighted by Gasteiger charge is -2.17. The van der Waals surface area contributed by atoms with Gasteiger partial charge in [0, 0.05) is 24.4 Å². The Balaban J connectivity index is 1.56. The topological polar surface area (TPSA) is 42.0 Å². The van der Waals surface area contributed by atoms with E-state index >= 15 is 0 Å². The lowest BCUT2D eigenvalue weighted by atomic mass is 9.94. The predicted molar refractivity (Wildman–Crippen MR) is 76.7 cm³/mol. The molecule has 1 N–H and O–H groups in total. The number of unbranched alkanes of at least 4 members (excludes halogenated alkanes) is 1. The van der Waals surface area contributed by atoms with Crippen LogP contribution in [0.25, 0.3) is 0 Å². The van der Waals surface area contributed by atoms with E-state index in [0.717, 1.165) is 50.8 Å². The number of pyridine rings is 1. The van der Waals surface area contributed by atoms with E-state index in [9.17, 15) is 4.79 Å². The third-order valence-electron chi connectivity index (χ3n) is 3.52. The summed E-state index contributed by atoms with van der Waals surface area (Å²) in [5.41, 5.74) is 1.13. The first-order valence-corrected chi connectivity index (χ1v) is 7.19. The molecule has 1 aromatic rings. The zero-order chi connectivity index (χ0) is 13.3. The molecule has 1 atom stereocenters. The van der Waals surface area contributed by atoms with Crippen molar-refractivity contribution in [3.8, 4) is 0 Å². The number of hydrogen-bond donors (Lipinski definition) is 1. The van der Waals surface area contributed by atoms with Crippen LogP contribution in [0.3, 0.4) is 0 Å². The SMILES string of the molecule is O=C(NCCCCc1ccccn1)[C@H]1CC=CCC1. The van der Waals surface area contributed by atoms with Crippen LogP contribution in [-0.2, 0) is 11.2 Å². The van der Waals surface area contributed by atoms with Gasteiger partial charge in [0.1, 0.15) is 0 Å². The summed E-state index contributed by atoms with van der Waals surface area (Å²) >= 11 is 0. The van der Waals surface area contributed by atoms with Crippen LogP contribution < -0.4 is 5.32 Å². The molecular weight excluding hydrogens is 236 g/mol. The molecule has 0 unspecified atom stereocenters. The Morgan fingerprint density at radius 2 is 2.26 bits per heavy atom. The van der Waals surface area contributed by atoms with Crippen LogP contribution in [0.4, 0.5) is 0 Å². The van der Waals surface area contributed by atoms with Crippen molar-refractivity contribution >= 4 is 5.91 Å². The summed E-state index contributed by atoms with van der Waals surface area (Å²) in [5.74, 6) is 0.419. The maximum Gasteiger partial charge on any atom is 0.223 e. The van der Waals surface area contributed by atoms with Gasteiger partial charge in [-0.1, -0.05) is 18.2 Å². The van der Waals surface area contributed by atoms with E-state index in [2.05, 4.69) is 22.5 Å². The second-order valence-corrected chi connectivity index (χ2v) is 5.05. The van der Waals surface area contributed by atoms with Crippen molar-refractivity contribution in [3.05, 3.63) is 42.2 Å². The molecule has 3 nitrogen and oxygen atoms in total. The van der Waals surface area contributed by atoms with Crippen molar-refractivity contribution < 1.29 is 4.79 Å². The molecule has 0 saturated heterocycles. The van der Waals surface area contributed by atoms with Gasteiger partial charge < -0.3 is 5.32 Å². The van der Waals surface area contributed by atoms with Gasteiger partial charge in [-0.2, -0.15) is 0 Å². The van der Waals surface area contributed by atoms with Crippen molar-refractivity contribution in [1.82, 2.24) is 10.3 Å². The molecule has 0 aromatic carbocycles. The van der Waals surface area contributed by atoms with Gasteiger partial charge in [-0.25, -0.2) is 0 Å². The third-order valence-corrected chi connectivity index (χ3v) is 3.52. The summed E-state index contributed by atoms with van der Waals surface area (Å²) < 4.78 is 0. The second kappa shape index (κ2) is 7.72. The number of nitrogens with one attached hydrogen (secondary N) is 1. The van der Waals surface area contributed by atoms with E-state index in [4.69, 9.17) is 0 Å². The number of amides is 1. The van der Waals surface area contributed by atoms with Crippen molar-refractivity contribution in [1.29, 1.82) is 0 Å². The van der Waals surface area contributed by atoms with Gasteiger partial charge in [0.2, 0.25) is 5.91 Å². The Bertz CT molecular complexity index is 414. The van der Waals surface area contributed by atoms with Gasteiger partial charge >= 0.3 is 0 Å². The Morgan fingerprint density at radius 3 is 3.00 bits per heavy atom. The molecule has 19 heavy (non-hydrogen) atoms. The molecule has 102 valence electrons. The minimum Gasteiger partial charge on any atom is -0.356 e. The molecule has 1 heterocycles. The minimum absolute atomic E-state index is 0.195. The number of rotatable bonds is 6. The van der Waals surface area contributed by atoms with E-state index in [1.165, 1.54) is 0 Å². The predicted octanol–water partition coefficient (Wildman–Crippen LogP) is 2.88. The van der Waals surface area contributed by atoms with Gasteiger partial charge in [-0.05, 0) is 50.7 Å². The highest BCUT2D eigenvalue weighted by Gasteiger charge is 2.17. The van der Waals surface area contributed by atoms with Crippen LogP contribution in [0.5, 0.6) is 0 Å².